The van der Waals surface area contributed by atoms with Gasteiger partial charge in [-0.2, -0.15) is 0 Å². The number of rotatable bonds is 5. The summed E-state index contributed by atoms with van der Waals surface area (Å²) in [6.07, 6.45) is 0. The molecule has 10 aromatic carbocycles. The van der Waals surface area contributed by atoms with E-state index in [-0.39, 0.29) is 0 Å². The fourth-order valence-electron chi connectivity index (χ4n) is 8.22. The van der Waals surface area contributed by atoms with Gasteiger partial charge in [-0.25, -0.2) is 0 Å². The molecular formula is C52H34. The summed E-state index contributed by atoms with van der Waals surface area (Å²) in [5.74, 6) is 0. The summed E-state index contributed by atoms with van der Waals surface area (Å²) >= 11 is 0. The van der Waals surface area contributed by atoms with Gasteiger partial charge in [-0.1, -0.05) is 194 Å². The van der Waals surface area contributed by atoms with Gasteiger partial charge in [-0.05, 0) is 111 Å². The van der Waals surface area contributed by atoms with E-state index in [2.05, 4.69) is 206 Å². The van der Waals surface area contributed by atoms with E-state index in [1.165, 1.54) is 98.7 Å². The molecule has 0 aliphatic rings. The summed E-state index contributed by atoms with van der Waals surface area (Å²) in [5.41, 5.74) is 12.4. The summed E-state index contributed by atoms with van der Waals surface area (Å²) in [6, 6.07) is 75.6. The van der Waals surface area contributed by atoms with Crippen LogP contribution in [0.25, 0.3) is 98.7 Å². The smallest absolute Gasteiger partial charge is 0.00259 e. The normalized spacial score (nSPS) is 11.5. The van der Waals surface area contributed by atoms with Crippen molar-refractivity contribution in [2.45, 2.75) is 0 Å². The van der Waals surface area contributed by atoms with Crippen LogP contribution in [0, 0.1) is 0 Å². The van der Waals surface area contributed by atoms with E-state index >= 15 is 0 Å². The predicted octanol–water partition coefficient (Wildman–Crippen LogP) is 14.6. The zero-order valence-corrected chi connectivity index (χ0v) is 28.6. The summed E-state index contributed by atoms with van der Waals surface area (Å²) < 4.78 is 0. The molecule has 0 saturated carbocycles. The number of hydrogen-bond acceptors (Lipinski definition) is 0. The van der Waals surface area contributed by atoms with Crippen LogP contribution in [0.1, 0.15) is 0 Å². The number of hydrogen-bond donors (Lipinski definition) is 0. The molecule has 10 aromatic rings. The van der Waals surface area contributed by atoms with Crippen LogP contribution in [-0.4, -0.2) is 0 Å². The third-order valence-corrected chi connectivity index (χ3v) is 10.7. The van der Waals surface area contributed by atoms with Crippen LogP contribution in [0.2, 0.25) is 0 Å². The van der Waals surface area contributed by atoms with Crippen molar-refractivity contribution in [3.63, 3.8) is 0 Å². The average molecular weight is 659 g/mol. The Morgan fingerprint density at radius 1 is 0.192 bits per heavy atom. The molecule has 0 aliphatic carbocycles. The molecule has 0 bridgehead atoms. The second-order valence-corrected chi connectivity index (χ2v) is 13.6. The largest absolute Gasteiger partial charge is 0.0622 e. The van der Waals surface area contributed by atoms with E-state index in [0.29, 0.717) is 0 Å². The first-order chi connectivity index (χ1) is 25.8. The third kappa shape index (κ3) is 5.08. The Balaban J connectivity index is 1.24. The zero-order valence-electron chi connectivity index (χ0n) is 28.6. The van der Waals surface area contributed by atoms with Crippen molar-refractivity contribution in [1.29, 1.82) is 0 Å². The standard InChI is InChI=1S/C52H34/c1-2-13-35(14-3-1)40-19-10-20-42(33-40)52-48-24-9-8-23-47(48)51(39-29-27-38(28-30-39)45-25-11-17-36-15-4-6-21-43(36)45)49-32-31-41(34-50(49)52)46-26-12-18-37-16-5-7-22-44(37)46/h1-34H. The number of benzene rings is 10. The Hall–Kier alpha value is -6.76. The lowest BCUT2D eigenvalue weighted by Gasteiger charge is -2.20. The topological polar surface area (TPSA) is 0 Å². The van der Waals surface area contributed by atoms with Crippen molar-refractivity contribution in [3.05, 3.63) is 206 Å². The van der Waals surface area contributed by atoms with Gasteiger partial charge >= 0.3 is 0 Å². The van der Waals surface area contributed by atoms with Gasteiger partial charge in [-0.3, -0.25) is 0 Å². The molecule has 0 saturated heterocycles. The first kappa shape index (κ1) is 30.1. The van der Waals surface area contributed by atoms with Gasteiger partial charge in [0.15, 0.2) is 0 Å². The molecule has 52 heavy (non-hydrogen) atoms. The molecule has 0 N–H and O–H groups in total. The highest BCUT2D eigenvalue weighted by molar-refractivity contribution is 6.22. The van der Waals surface area contributed by atoms with Crippen LogP contribution in [-0.2, 0) is 0 Å². The Morgan fingerprint density at radius 3 is 1.31 bits per heavy atom. The van der Waals surface area contributed by atoms with Crippen LogP contribution in [0.3, 0.4) is 0 Å². The lowest BCUT2D eigenvalue weighted by molar-refractivity contribution is 1.60. The molecule has 242 valence electrons. The van der Waals surface area contributed by atoms with Crippen molar-refractivity contribution in [3.8, 4) is 55.6 Å². The van der Waals surface area contributed by atoms with Crippen molar-refractivity contribution in [2.24, 2.45) is 0 Å². The minimum atomic E-state index is 1.22. The van der Waals surface area contributed by atoms with E-state index in [1.807, 2.05) is 0 Å². The maximum atomic E-state index is 2.43. The van der Waals surface area contributed by atoms with Gasteiger partial charge in [-0.15, -0.1) is 0 Å². The minimum Gasteiger partial charge on any atom is -0.0622 e. The Kier molecular flexibility index (Phi) is 7.25. The lowest BCUT2D eigenvalue weighted by Crippen LogP contribution is -1.92. The minimum absolute atomic E-state index is 1.22. The first-order valence-corrected chi connectivity index (χ1v) is 18.0. The van der Waals surface area contributed by atoms with E-state index in [1.54, 1.807) is 0 Å². The average Bonchev–Trinajstić information content (AvgIpc) is 3.22. The number of fused-ring (bicyclic) bond motifs is 4. The highest BCUT2D eigenvalue weighted by atomic mass is 14.2. The van der Waals surface area contributed by atoms with Crippen LogP contribution in [0.5, 0.6) is 0 Å². The summed E-state index contributed by atoms with van der Waals surface area (Å²) in [4.78, 5) is 0. The molecule has 0 aromatic heterocycles. The van der Waals surface area contributed by atoms with Crippen LogP contribution in [0.4, 0.5) is 0 Å². The molecule has 0 spiro atoms. The molecule has 0 atom stereocenters. The molecule has 0 aliphatic heterocycles. The molecule has 0 heteroatoms. The molecule has 0 heterocycles. The van der Waals surface area contributed by atoms with E-state index in [9.17, 15) is 0 Å². The molecule has 0 amide bonds. The Labute approximate surface area is 303 Å². The second kappa shape index (κ2) is 12.5. The van der Waals surface area contributed by atoms with Crippen molar-refractivity contribution < 1.29 is 0 Å². The monoisotopic (exact) mass is 658 g/mol. The summed E-state index contributed by atoms with van der Waals surface area (Å²) in [7, 11) is 0. The highest BCUT2D eigenvalue weighted by Gasteiger charge is 2.19. The fraction of sp³-hybridized carbons (Fsp3) is 0. The van der Waals surface area contributed by atoms with Crippen molar-refractivity contribution >= 4 is 43.1 Å². The summed E-state index contributed by atoms with van der Waals surface area (Å²) in [5, 5.41) is 10.1. The van der Waals surface area contributed by atoms with Gasteiger partial charge in [0.1, 0.15) is 0 Å². The first-order valence-electron chi connectivity index (χ1n) is 18.0. The van der Waals surface area contributed by atoms with Gasteiger partial charge in [0, 0.05) is 0 Å². The molecule has 0 nitrogen and oxygen atoms in total. The maximum Gasteiger partial charge on any atom is -0.00259 e. The van der Waals surface area contributed by atoms with Crippen molar-refractivity contribution in [1.82, 2.24) is 0 Å². The van der Waals surface area contributed by atoms with Gasteiger partial charge in [0.2, 0.25) is 0 Å². The van der Waals surface area contributed by atoms with E-state index < -0.39 is 0 Å². The van der Waals surface area contributed by atoms with Gasteiger partial charge in [0.05, 0.1) is 0 Å². The van der Waals surface area contributed by atoms with E-state index in [4.69, 9.17) is 0 Å². The Bertz CT molecular complexity index is 2920. The lowest BCUT2D eigenvalue weighted by atomic mass is 9.84. The fourth-order valence-corrected chi connectivity index (χ4v) is 8.22. The maximum absolute atomic E-state index is 2.43. The van der Waals surface area contributed by atoms with Crippen LogP contribution < -0.4 is 0 Å². The van der Waals surface area contributed by atoms with Gasteiger partial charge < -0.3 is 0 Å². The van der Waals surface area contributed by atoms with Crippen molar-refractivity contribution in [2.75, 3.05) is 0 Å². The molecule has 10 rings (SSSR count). The Morgan fingerprint density at radius 2 is 0.635 bits per heavy atom. The molecule has 0 radical (unpaired) electrons. The highest BCUT2D eigenvalue weighted by Crippen LogP contribution is 2.46. The predicted molar refractivity (Wildman–Crippen MR) is 224 cm³/mol. The van der Waals surface area contributed by atoms with Crippen LogP contribution >= 0.6 is 0 Å². The van der Waals surface area contributed by atoms with Crippen LogP contribution in [0.15, 0.2) is 206 Å². The zero-order chi connectivity index (χ0) is 34.4. The van der Waals surface area contributed by atoms with Gasteiger partial charge in [0.25, 0.3) is 0 Å². The molecule has 0 unspecified atom stereocenters. The quantitative estimate of drug-likeness (QED) is 0.161. The molecular weight excluding hydrogens is 625 g/mol. The second-order valence-electron chi connectivity index (χ2n) is 13.6. The van der Waals surface area contributed by atoms with E-state index in [0.717, 1.165) is 0 Å². The third-order valence-electron chi connectivity index (χ3n) is 10.7. The molecule has 0 fully saturated rings. The SMILES string of the molecule is c1ccc(-c2cccc(-c3c4ccccc4c(-c4ccc(-c5cccc6ccccc56)cc4)c4ccc(-c5cccc6ccccc56)cc34)c2)cc1. The summed E-state index contributed by atoms with van der Waals surface area (Å²) in [6.45, 7) is 0.